The van der Waals surface area contributed by atoms with Crippen LogP contribution in [0.15, 0.2) is 45.1 Å². The maximum atomic E-state index is 12.8. The Kier molecular flexibility index (Phi) is 4.59. The molecule has 0 spiro atoms. The summed E-state index contributed by atoms with van der Waals surface area (Å²) >= 11 is 1.34. The largest absolute Gasteiger partial charge is 0.396 e. The van der Waals surface area contributed by atoms with Gasteiger partial charge in [0.25, 0.3) is 5.56 Å². The fourth-order valence-electron chi connectivity index (χ4n) is 2.59. The van der Waals surface area contributed by atoms with Crippen molar-refractivity contribution in [2.45, 2.75) is 11.7 Å². The molecule has 0 fully saturated rings. The molecule has 24 heavy (non-hydrogen) atoms. The van der Waals surface area contributed by atoms with E-state index in [2.05, 4.69) is 4.98 Å². The fraction of sp³-hybridized carbons (Fsp3) is 0.312. The maximum Gasteiger partial charge on any atom is 0.332 e. The standard InChI is InChI=1S/C16H18N4O3S/c1-18-12-13(17-15(18)24-9-8-21)19(2)16(23)20(14(12)22)10-11-6-4-3-5-7-11/h3-7,21H,8-10H2,1-2H3. The lowest BCUT2D eigenvalue weighted by Gasteiger charge is -2.08. The van der Waals surface area contributed by atoms with E-state index in [1.54, 1.807) is 18.7 Å². The molecule has 0 atom stereocenters. The second-order valence-electron chi connectivity index (χ2n) is 5.42. The van der Waals surface area contributed by atoms with Crippen molar-refractivity contribution < 1.29 is 5.11 Å². The average Bonchev–Trinajstić information content (AvgIpc) is 2.93. The SMILES string of the molecule is Cn1c(SCCO)nc2c1c(=O)n(Cc1ccccc1)c(=O)n2C. The number of hydrogen-bond acceptors (Lipinski definition) is 5. The zero-order valence-electron chi connectivity index (χ0n) is 13.5. The van der Waals surface area contributed by atoms with Gasteiger partial charge in [0.15, 0.2) is 16.3 Å². The van der Waals surface area contributed by atoms with Gasteiger partial charge < -0.3 is 9.67 Å². The number of fused-ring (bicyclic) bond motifs is 1. The van der Waals surface area contributed by atoms with Gasteiger partial charge >= 0.3 is 5.69 Å². The minimum atomic E-state index is -0.395. The minimum absolute atomic E-state index is 0.0189. The fourth-order valence-corrected chi connectivity index (χ4v) is 3.30. The van der Waals surface area contributed by atoms with Gasteiger partial charge in [-0.3, -0.25) is 13.9 Å². The van der Waals surface area contributed by atoms with Crippen molar-refractivity contribution in [2.24, 2.45) is 14.1 Å². The Morgan fingerprint density at radius 1 is 1.12 bits per heavy atom. The zero-order chi connectivity index (χ0) is 17.3. The molecule has 3 aromatic rings. The highest BCUT2D eigenvalue weighted by Gasteiger charge is 2.18. The third kappa shape index (κ3) is 2.78. The van der Waals surface area contributed by atoms with Crippen LogP contribution in [0.25, 0.3) is 11.2 Å². The van der Waals surface area contributed by atoms with Crippen LogP contribution in [0.5, 0.6) is 0 Å². The molecule has 1 aromatic carbocycles. The average molecular weight is 346 g/mol. The highest BCUT2D eigenvalue weighted by Crippen LogP contribution is 2.19. The molecular weight excluding hydrogens is 328 g/mol. The normalized spacial score (nSPS) is 11.3. The van der Waals surface area contributed by atoms with E-state index in [4.69, 9.17) is 5.11 Å². The quantitative estimate of drug-likeness (QED) is 0.683. The number of thioether (sulfide) groups is 1. The van der Waals surface area contributed by atoms with Crippen LogP contribution in [-0.4, -0.2) is 36.2 Å². The molecule has 3 rings (SSSR count). The number of rotatable bonds is 5. The summed E-state index contributed by atoms with van der Waals surface area (Å²) in [5, 5.41) is 9.58. The van der Waals surface area contributed by atoms with Gasteiger partial charge in [-0.1, -0.05) is 42.1 Å². The predicted molar refractivity (Wildman–Crippen MR) is 93.6 cm³/mol. The number of aryl methyl sites for hydroxylation is 2. The van der Waals surface area contributed by atoms with Gasteiger partial charge in [0.05, 0.1) is 13.2 Å². The molecule has 0 aliphatic rings. The number of nitrogens with zero attached hydrogens (tertiary/aromatic N) is 4. The van der Waals surface area contributed by atoms with E-state index in [1.807, 2.05) is 30.3 Å². The third-order valence-electron chi connectivity index (χ3n) is 3.82. The molecule has 7 nitrogen and oxygen atoms in total. The van der Waals surface area contributed by atoms with Gasteiger partial charge in [-0.25, -0.2) is 9.78 Å². The molecule has 1 N–H and O–H groups in total. The highest BCUT2D eigenvalue weighted by atomic mass is 32.2. The summed E-state index contributed by atoms with van der Waals surface area (Å²) in [7, 11) is 3.35. The summed E-state index contributed by atoms with van der Waals surface area (Å²) in [6.07, 6.45) is 0. The second-order valence-corrected chi connectivity index (χ2v) is 6.48. The summed E-state index contributed by atoms with van der Waals surface area (Å²) < 4.78 is 4.29. The summed E-state index contributed by atoms with van der Waals surface area (Å²) in [4.78, 5) is 29.8. The molecule has 8 heteroatoms. The molecule has 0 amide bonds. The summed E-state index contributed by atoms with van der Waals surface area (Å²) in [6.45, 7) is 0.234. The Morgan fingerprint density at radius 2 is 1.83 bits per heavy atom. The predicted octanol–water partition coefficient (Wildman–Crippen LogP) is 0.566. The van der Waals surface area contributed by atoms with E-state index >= 15 is 0 Å². The van der Waals surface area contributed by atoms with Gasteiger partial charge in [-0.05, 0) is 5.56 Å². The minimum Gasteiger partial charge on any atom is -0.396 e. The molecule has 0 saturated heterocycles. The topological polar surface area (TPSA) is 82.1 Å². The van der Waals surface area contributed by atoms with Crippen molar-refractivity contribution in [3.05, 3.63) is 56.7 Å². The highest BCUT2D eigenvalue weighted by molar-refractivity contribution is 7.99. The van der Waals surface area contributed by atoms with Gasteiger partial charge in [0.1, 0.15) is 0 Å². The van der Waals surface area contributed by atoms with Crippen molar-refractivity contribution in [3.8, 4) is 0 Å². The van der Waals surface area contributed by atoms with Crippen LogP contribution in [0.1, 0.15) is 5.56 Å². The number of aliphatic hydroxyl groups is 1. The second kappa shape index (κ2) is 6.66. The van der Waals surface area contributed by atoms with Crippen LogP contribution in [0.2, 0.25) is 0 Å². The Bertz CT molecular complexity index is 988. The van der Waals surface area contributed by atoms with Crippen molar-refractivity contribution in [2.75, 3.05) is 12.4 Å². The number of benzene rings is 1. The van der Waals surface area contributed by atoms with E-state index in [1.165, 1.54) is 20.9 Å². The van der Waals surface area contributed by atoms with E-state index < -0.39 is 5.69 Å². The van der Waals surface area contributed by atoms with Crippen molar-refractivity contribution >= 4 is 22.9 Å². The molecular formula is C16H18N4O3S. The van der Waals surface area contributed by atoms with Gasteiger partial charge in [-0.2, -0.15) is 0 Å². The lowest BCUT2D eigenvalue weighted by molar-refractivity contribution is 0.322. The molecule has 0 radical (unpaired) electrons. The molecule has 2 heterocycles. The van der Waals surface area contributed by atoms with Gasteiger partial charge in [-0.15, -0.1) is 0 Å². The first-order valence-corrected chi connectivity index (χ1v) is 8.47. The Labute approximate surface area is 142 Å². The van der Waals surface area contributed by atoms with Crippen LogP contribution < -0.4 is 11.2 Å². The number of aromatic nitrogens is 4. The lowest BCUT2D eigenvalue weighted by Crippen LogP contribution is -2.39. The van der Waals surface area contributed by atoms with Gasteiger partial charge in [0.2, 0.25) is 0 Å². The first kappa shape index (κ1) is 16.5. The molecule has 0 aliphatic carbocycles. The zero-order valence-corrected chi connectivity index (χ0v) is 14.3. The molecule has 126 valence electrons. The number of hydrogen-bond donors (Lipinski definition) is 1. The van der Waals surface area contributed by atoms with Crippen LogP contribution in [0.3, 0.4) is 0 Å². The number of aliphatic hydroxyl groups excluding tert-OH is 1. The van der Waals surface area contributed by atoms with Gasteiger partial charge in [0, 0.05) is 19.8 Å². The Morgan fingerprint density at radius 3 is 2.50 bits per heavy atom. The maximum absolute atomic E-state index is 12.8. The summed E-state index contributed by atoms with van der Waals surface area (Å²) in [5.74, 6) is 0.476. The van der Waals surface area contributed by atoms with E-state index in [-0.39, 0.29) is 18.7 Å². The molecule has 0 aliphatic heterocycles. The van der Waals surface area contributed by atoms with E-state index in [0.29, 0.717) is 22.1 Å². The smallest absolute Gasteiger partial charge is 0.332 e. The Hall–Kier alpha value is -2.32. The summed E-state index contributed by atoms with van der Waals surface area (Å²) in [5.41, 5.74) is 0.870. The first-order valence-electron chi connectivity index (χ1n) is 7.48. The first-order chi connectivity index (χ1) is 11.5. The van der Waals surface area contributed by atoms with Crippen molar-refractivity contribution in [1.82, 2.24) is 18.7 Å². The van der Waals surface area contributed by atoms with Crippen molar-refractivity contribution in [3.63, 3.8) is 0 Å². The van der Waals surface area contributed by atoms with Crippen LogP contribution in [0, 0.1) is 0 Å². The van der Waals surface area contributed by atoms with E-state index in [9.17, 15) is 9.59 Å². The Balaban J connectivity index is 2.19. The molecule has 0 saturated carbocycles. The number of imidazole rings is 1. The lowest BCUT2D eigenvalue weighted by atomic mass is 10.2. The van der Waals surface area contributed by atoms with Crippen LogP contribution in [-0.2, 0) is 20.6 Å². The summed E-state index contributed by atoms with van der Waals surface area (Å²) in [6, 6.07) is 9.39. The molecule has 0 unspecified atom stereocenters. The monoisotopic (exact) mass is 346 g/mol. The molecule has 2 aromatic heterocycles. The molecule has 0 bridgehead atoms. The van der Waals surface area contributed by atoms with Crippen LogP contribution in [0.4, 0.5) is 0 Å². The van der Waals surface area contributed by atoms with Crippen molar-refractivity contribution in [1.29, 1.82) is 0 Å². The van der Waals surface area contributed by atoms with E-state index in [0.717, 1.165) is 5.56 Å². The third-order valence-corrected chi connectivity index (χ3v) is 4.83. The van der Waals surface area contributed by atoms with Crippen LogP contribution >= 0.6 is 11.8 Å².